The Balaban J connectivity index is 3.40. The summed E-state index contributed by atoms with van der Waals surface area (Å²) in [5, 5.41) is 0. The van der Waals surface area contributed by atoms with Gasteiger partial charge in [-0.05, 0) is 43.0 Å². The van der Waals surface area contributed by atoms with Crippen molar-refractivity contribution in [3.63, 3.8) is 0 Å². The molecule has 0 radical (unpaired) electrons. The monoisotopic (exact) mass is 285 g/mol. The van der Waals surface area contributed by atoms with Crippen LogP contribution in [0.3, 0.4) is 0 Å². The molecule has 0 aliphatic rings. The number of aryl methyl sites for hydroxylation is 1. The molecule has 5 heteroatoms. The summed E-state index contributed by atoms with van der Waals surface area (Å²) >= 11 is 0. The van der Waals surface area contributed by atoms with E-state index in [0.717, 1.165) is 11.3 Å². The number of hydrogen-bond donors (Lipinski definition) is 1. The third-order valence-corrected chi connectivity index (χ3v) is 4.54. The first-order chi connectivity index (χ1) is 8.83. The maximum atomic E-state index is 12.1. The second kappa shape index (κ2) is 6.39. The fourth-order valence-corrected chi connectivity index (χ4v) is 3.27. The molecule has 19 heavy (non-hydrogen) atoms. The van der Waals surface area contributed by atoms with Crippen molar-refractivity contribution < 1.29 is 13.2 Å². The Morgan fingerprint density at radius 3 is 2.37 bits per heavy atom. The summed E-state index contributed by atoms with van der Waals surface area (Å²) < 4.78 is 32.4. The molecule has 0 aromatic heterocycles. The molecular weight excluding hydrogens is 262 g/mol. The standard InChI is InChI=1S/C14H23NO3S/c1-6-15-19(16,17)14-9-12(10(3)4)13(18-7-2)8-11(14)5/h8-10,15H,6-7H2,1-5H3. The van der Waals surface area contributed by atoms with Crippen LogP contribution in [-0.2, 0) is 10.0 Å². The molecule has 0 aliphatic carbocycles. The molecule has 0 atom stereocenters. The normalized spacial score (nSPS) is 11.9. The highest BCUT2D eigenvalue weighted by atomic mass is 32.2. The lowest BCUT2D eigenvalue weighted by Crippen LogP contribution is -2.24. The second-order valence-corrected chi connectivity index (χ2v) is 6.48. The molecule has 0 heterocycles. The highest BCUT2D eigenvalue weighted by molar-refractivity contribution is 7.89. The summed E-state index contributed by atoms with van der Waals surface area (Å²) in [5.74, 6) is 0.975. The highest BCUT2D eigenvalue weighted by Gasteiger charge is 2.20. The molecule has 1 N–H and O–H groups in total. The Hall–Kier alpha value is -1.07. The topological polar surface area (TPSA) is 55.4 Å². The van der Waals surface area contributed by atoms with Gasteiger partial charge in [-0.25, -0.2) is 13.1 Å². The number of benzene rings is 1. The van der Waals surface area contributed by atoms with Crippen LogP contribution in [0.1, 0.15) is 44.7 Å². The van der Waals surface area contributed by atoms with Crippen LogP contribution in [0.4, 0.5) is 0 Å². The van der Waals surface area contributed by atoms with Gasteiger partial charge in [-0.2, -0.15) is 0 Å². The predicted molar refractivity (Wildman–Crippen MR) is 77.3 cm³/mol. The fraction of sp³-hybridized carbons (Fsp3) is 0.571. The van der Waals surface area contributed by atoms with Crippen LogP contribution in [0.5, 0.6) is 5.75 Å². The summed E-state index contributed by atoms with van der Waals surface area (Å²) in [7, 11) is -3.43. The third-order valence-electron chi connectivity index (χ3n) is 2.85. The minimum Gasteiger partial charge on any atom is -0.494 e. The van der Waals surface area contributed by atoms with E-state index in [1.807, 2.05) is 26.8 Å². The third kappa shape index (κ3) is 3.70. The minimum atomic E-state index is -3.43. The van der Waals surface area contributed by atoms with Gasteiger partial charge in [0.05, 0.1) is 11.5 Å². The fourth-order valence-electron chi connectivity index (χ4n) is 1.97. The molecule has 108 valence electrons. The maximum Gasteiger partial charge on any atom is 0.240 e. The largest absolute Gasteiger partial charge is 0.494 e. The predicted octanol–water partition coefficient (Wildman–Crippen LogP) is 2.82. The average molecular weight is 285 g/mol. The molecule has 0 saturated carbocycles. The lowest BCUT2D eigenvalue weighted by molar-refractivity contribution is 0.334. The number of sulfonamides is 1. The summed E-state index contributed by atoms with van der Waals surface area (Å²) in [4.78, 5) is 0.335. The first-order valence-corrected chi connectivity index (χ1v) is 8.08. The van der Waals surface area contributed by atoms with E-state index in [1.165, 1.54) is 0 Å². The van der Waals surface area contributed by atoms with Crippen LogP contribution in [0, 0.1) is 6.92 Å². The smallest absolute Gasteiger partial charge is 0.240 e. The molecule has 0 spiro atoms. The Labute approximate surface area is 116 Å². The van der Waals surface area contributed by atoms with E-state index in [-0.39, 0.29) is 5.92 Å². The van der Waals surface area contributed by atoms with Crippen molar-refractivity contribution in [1.29, 1.82) is 0 Å². The number of ether oxygens (including phenoxy) is 1. The molecule has 0 fully saturated rings. The number of hydrogen-bond acceptors (Lipinski definition) is 3. The van der Waals surface area contributed by atoms with Crippen LogP contribution in [0.15, 0.2) is 17.0 Å². The van der Waals surface area contributed by atoms with Crippen molar-refractivity contribution in [2.45, 2.75) is 45.4 Å². The number of rotatable bonds is 6. The van der Waals surface area contributed by atoms with Gasteiger partial charge < -0.3 is 4.74 Å². The zero-order chi connectivity index (χ0) is 14.6. The van der Waals surface area contributed by atoms with E-state index in [0.29, 0.717) is 23.6 Å². The van der Waals surface area contributed by atoms with Gasteiger partial charge in [0.15, 0.2) is 0 Å². The molecule has 1 aromatic rings. The van der Waals surface area contributed by atoms with E-state index in [9.17, 15) is 8.42 Å². The van der Waals surface area contributed by atoms with Gasteiger partial charge in [-0.3, -0.25) is 0 Å². The van der Waals surface area contributed by atoms with E-state index < -0.39 is 10.0 Å². The highest BCUT2D eigenvalue weighted by Crippen LogP contribution is 2.31. The zero-order valence-corrected chi connectivity index (χ0v) is 13.1. The molecule has 4 nitrogen and oxygen atoms in total. The molecule has 1 aromatic carbocycles. The van der Waals surface area contributed by atoms with Gasteiger partial charge in [-0.15, -0.1) is 0 Å². The van der Waals surface area contributed by atoms with Crippen molar-refractivity contribution in [3.8, 4) is 5.75 Å². The van der Waals surface area contributed by atoms with Crippen LogP contribution < -0.4 is 9.46 Å². The Kier molecular flexibility index (Phi) is 5.38. The van der Waals surface area contributed by atoms with Crippen LogP contribution >= 0.6 is 0 Å². The van der Waals surface area contributed by atoms with Crippen molar-refractivity contribution in [2.24, 2.45) is 0 Å². The van der Waals surface area contributed by atoms with Gasteiger partial charge in [0.2, 0.25) is 10.0 Å². The van der Waals surface area contributed by atoms with E-state index >= 15 is 0 Å². The quantitative estimate of drug-likeness (QED) is 0.874. The number of nitrogens with one attached hydrogen (secondary N) is 1. The van der Waals surface area contributed by atoms with Gasteiger partial charge >= 0.3 is 0 Å². The van der Waals surface area contributed by atoms with Gasteiger partial charge in [0.25, 0.3) is 0 Å². The van der Waals surface area contributed by atoms with Crippen molar-refractivity contribution in [3.05, 3.63) is 23.3 Å². The van der Waals surface area contributed by atoms with E-state index in [1.54, 1.807) is 19.9 Å². The molecule has 0 unspecified atom stereocenters. The first-order valence-electron chi connectivity index (χ1n) is 6.60. The molecule has 0 aliphatic heterocycles. The molecule has 1 rings (SSSR count). The average Bonchev–Trinajstić information content (AvgIpc) is 2.28. The molecule has 0 amide bonds. The van der Waals surface area contributed by atoms with E-state index in [4.69, 9.17) is 4.74 Å². The van der Waals surface area contributed by atoms with Crippen LogP contribution in [0.2, 0.25) is 0 Å². The summed E-state index contributed by atoms with van der Waals surface area (Å²) in [6, 6.07) is 3.53. The van der Waals surface area contributed by atoms with Crippen LogP contribution in [-0.4, -0.2) is 21.6 Å². The zero-order valence-electron chi connectivity index (χ0n) is 12.3. The Morgan fingerprint density at radius 1 is 1.26 bits per heavy atom. The Bertz CT molecular complexity index is 536. The Morgan fingerprint density at radius 2 is 1.89 bits per heavy atom. The summed E-state index contributed by atoms with van der Waals surface area (Å²) in [6.07, 6.45) is 0. The summed E-state index contributed by atoms with van der Waals surface area (Å²) in [5.41, 5.74) is 1.62. The van der Waals surface area contributed by atoms with Gasteiger partial charge in [0, 0.05) is 6.54 Å². The lowest BCUT2D eigenvalue weighted by atomic mass is 10.0. The molecular formula is C14H23NO3S. The first kappa shape index (κ1) is 16.0. The van der Waals surface area contributed by atoms with Crippen molar-refractivity contribution in [2.75, 3.05) is 13.2 Å². The maximum absolute atomic E-state index is 12.1. The second-order valence-electron chi connectivity index (χ2n) is 4.74. The SMILES string of the molecule is CCNS(=O)(=O)c1cc(C(C)C)c(OCC)cc1C. The van der Waals surface area contributed by atoms with Gasteiger partial charge in [-0.1, -0.05) is 20.8 Å². The summed E-state index contributed by atoms with van der Waals surface area (Å²) in [6.45, 7) is 10.5. The molecule has 0 saturated heterocycles. The van der Waals surface area contributed by atoms with Crippen LogP contribution in [0.25, 0.3) is 0 Å². The molecule has 0 bridgehead atoms. The van der Waals surface area contributed by atoms with Crippen molar-refractivity contribution >= 4 is 10.0 Å². The minimum absolute atomic E-state index is 0.206. The lowest BCUT2D eigenvalue weighted by Gasteiger charge is -2.17. The van der Waals surface area contributed by atoms with E-state index in [2.05, 4.69) is 4.72 Å². The van der Waals surface area contributed by atoms with Gasteiger partial charge in [0.1, 0.15) is 5.75 Å². The van der Waals surface area contributed by atoms with Crippen molar-refractivity contribution in [1.82, 2.24) is 4.72 Å².